The SMILES string of the molecule is COc1ccc2nc(N)n(C3CN4CCC3CC4)c2n1. The fraction of sp³-hybridized carbons (Fsp3) is 0.571. The highest BCUT2D eigenvalue weighted by Gasteiger charge is 2.37. The van der Waals surface area contributed by atoms with Crippen LogP contribution in [0.3, 0.4) is 0 Å². The van der Waals surface area contributed by atoms with Crippen molar-refractivity contribution in [2.75, 3.05) is 32.5 Å². The molecule has 2 aromatic heterocycles. The average Bonchev–Trinajstić information content (AvgIpc) is 2.83. The fourth-order valence-corrected chi connectivity index (χ4v) is 3.64. The molecule has 0 spiro atoms. The molecule has 2 aromatic rings. The fourth-order valence-electron chi connectivity index (χ4n) is 3.64. The predicted octanol–water partition coefficient (Wildman–Crippen LogP) is 1.29. The van der Waals surface area contributed by atoms with Crippen LogP contribution in [0.15, 0.2) is 12.1 Å². The van der Waals surface area contributed by atoms with Crippen LogP contribution >= 0.6 is 0 Å². The number of pyridine rings is 1. The molecular weight excluding hydrogens is 254 g/mol. The molecule has 3 fully saturated rings. The van der Waals surface area contributed by atoms with E-state index in [1.165, 1.54) is 25.9 Å². The molecule has 0 aliphatic carbocycles. The highest BCUT2D eigenvalue weighted by Crippen LogP contribution is 2.38. The third-order valence-electron chi connectivity index (χ3n) is 4.70. The van der Waals surface area contributed by atoms with Crippen LogP contribution in [-0.2, 0) is 0 Å². The van der Waals surface area contributed by atoms with Gasteiger partial charge >= 0.3 is 0 Å². The van der Waals surface area contributed by atoms with E-state index >= 15 is 0 Å². The van der Waals surface area contributed by atoms with Crippen LogP contribution in [-0.4, -0.2) is 46.2 Å². The van der Waals surface area contributed by atoms with E-state index in [2.05, 4.69) is 19.4 Å². The number of rotatable bonds is 2. The second-order valence-corrected chi connectivity index (χ2v) is 5.74. The Kier molecular flexibility index (Phi) is 2.60. The molecule has 1 unspecified atom stereocenters. The molecule has 0 amide bonds. The Morgan fingerprint density at radius 1 is 1.25 bits per heavy atom. The van der Waals surface area contributed by atoms with Gasteiger partial charge in [0.25, 0.3) is 0 Å². The summed E-state index contributed by atoms with van der Waals surface area (Å²) in [6.45, 7) is 3.48. The van der Waals surface area contributed by atoms with Crippen LogP contribution in [0.5, 0.6) is 5.88 Å². The van der Waals surface area contributed by atoms with Gasteiger partial charge in [-0.1, -0.05) is 0 Å². The van der Waals surface area contributed by atoms with E-state index in [1.807, 2.05) is 12.1 Å². The Labute approximate surface area is 117 Å². The van der Waals surface area contributed by atoms with Crippen molar-refractivity contribution < 1.29 is 4.74 Å². The van der Waals surface area contributed by atoms with Gasteiger partial charge in [-0.2, -0.15) is 4.98 Å². The topological polar surface area (TPSA) is 69.2 Å². The summed E-state index contributed by atoms with van der Waals surface area (Å²) in [5.41, 5.74) is 7.85. The monoisotopic (exact) mass is 273 g/mol. The highest BCUT2D eigenvalue weighted by atomic mass is 16.5. The zero-order chi connectivity index (χ0) is 13.7. The molecule has 0 radical (unpaired) electrons. The molecule has 0 saturated carbocycles. The van der Waals surface area contributed by atoms with Gasteiger partial charge in [0.2, 0.25) is 11.8 Å². The molecule has 3 aliphatic heterocycles. The molecule has 2 bridgehead atoms. The third-order valence-corrected chi connectivity index (χ3v) is 4.70. The second kappa shape index (κ2) is 4.34. The minimum absolute atomic E-state index is 0.391. The van der Waals surface area contributed by atoms with Crippen LogP contribution in [0.25, 0.3) is 11.2 Å². The van der Waals surface area contributed by atoms with E-state index in [0.717, 1.165) is 17.7 Å². The molecule has 3 saturated heterocycles. The van der Waals surface area contributed by atoms with E-state index in [-0.39, 0.29) is 0 Å². The summed E-state index contributed by atoms with van der Waals surface area (Å²) >= 11 is 0. The molecule has 2 N–H and O–H groups in total. The number of aromatic nitrogens is 3. The van der Waals surface area contributed by atoms with Crippen molar-refractivity contribution in [2.45, 2.75) is 18.9 Å². The van der Waals surface area contributed by atoms with Gasteiger partial charge in [-0.3, -0.25) is 4.57 Å². The maximum absolute atomic E-state index is 6.16. The largest absolute Gasteiger partial charge is 0.481 e. The van der Waals surface area contributed by atoms with E-state index in [4.69, 9.17) is 10.5 Å². The predicted molar refractivity (Wildman–Crippen MR) is 76.7 cm³/mol. The van der Waals surface area contributed by atoms with E-state index in [0.29, 0.717) is 23.8 Å². The summed E-state index contributed by atoms with van der Waals surface area (Å²) in [4.78, 5) is 11.5. The molecule has 3 aliphatic rings. The van der Waals surface area contributed by atoms with Crippen LogP contribution in [0.2, 0.25) is 0 Å². The van der Waals surface area contributed by atoms with Crippen molar-refractivity contribution in [2.24, 2.45) is 5.92 Å². The number of hydrogen-bond acceptors (Lipinski definition) is 5. The summed E-state index contributed by atoms with van der Waals surface area (Å²) in [5.74, 6) is 1.87. The molecule has 6 nitrogen and oxygen atoms in total. The average molecular weight is 273 g/mol. The van der Waals surface area contributed by atoms with Crippen molar-refractivity contribution >= 4 is 17.1 Å². The smallest absolute Gasteiger partial charge is 0.215 e. The first-order valence-corrected chi connectivity index (χ1v) is 7.17. The first kappa shape index (κ1) is 12.0. The summed E-state index contributed by atoms with van der Waals surface area (Å²) in [5, 5.41) is 0. The molecular formula is C14H19N5O. The number of methoxy groups -OCH3 is 1. The molecule has 1 atom stereocenters. The summed E-state index contributed by atoms with van der Waals surface area (Å²) < 4.78 is 7.35. The van der Waals surface area contributed by atoms with Crippen LogP contribution in [0.1, 0.15) is 18.9 Å². The standard InChI is InChI=1S/C14H19N5O/c1-20-12-3-2-10-13(17-12)19(14(15)16-10)11-8-18-6-4-9(11)5-7-18/h2-3,9,11H,4-8H2,1H3,(H2,15,16). The molecule has 5 rings (SSSR count). The molecule has 20 heavy (non-hydrogen) atoms. The van der Waals surface area contributed by atoms with Gasteiger partial charge in [0.1, 0.15) is 5.52 Å². The lowest BCUT2D eigenvalue weighted by Crippen LogP contribution is -2.48. The lowest BCUT2D eigenvalue weighted by Gasteiger charge is -2.45. The summed E-state index contributed by atoms with van der Waals surface area (Å²) in [6.07, 6.45) is 2.49. The molecule has 6 heteroatoms. The zero-order valence-corrected chi connectivity index (χ0v) is 11.6. The van der Waals surface area contributed by atoms with Gasteiger partial charge in [-0.25, -0.2) is 4.98 Å². The summed E-state index contributed by atoms with van der Waals surface area (Å²) in [7, 11) is 1.63. The van der Waals surface area contributed by atoms with Gasteiger partial charge in [-0.05, 0) is 37.9 Å². The minimum Gasteiger partial charge on any atom is -0.481 e. The number of anilines is 1. The zero-order valence-electron chi connectivity index (χ0n) is 11.6. The maximum atomic E-state index is 6.16. The van der Waals surface area contributed by atoms with Crippen molar-refractivity contribution in [3.05, 3.63) is 12.1 Å². The minimum atomic E-state index is 0.391. The Bertz CT molecular complexity index is 644. The number of hydrogen-bond donors (Lipinski definition) is 1. The number of nitrogens with zero attached hydrogens (tertiary/aromatic N) is 4. The summed E-state index contributed by atoms with van der Waals surface area (Å²) in [6, 6.07) is 4.15. The van der Waals surface area contributed by atoms with Crippen LogP contribution in [0.4, 0.5) is 5.95 Å². The second-order valence-electron chi connectivity index (χ2n) is 5.74. The van der Waals surface area contributed by atoms with Crippen LogP contribution in [0, 0.1) is 5.92 Å². The van der Waals surface area contributed by atoms with Gasteiger partial charge < -0.3 is 15.4 Å². The van der Waals surface area contributed by atoms with Gasteiger partial charge in [0, 0.05) is 12.6 Å². The molecule has 0 aromatic carbocycles. The lowest BCUT2D eigenvalue weighted by molar-refractivity contribution is 0.0595. The Balaban J connectivity index is 1.84. The molecule has 106 valence electrons. The van der Waals surface area contributed by atoms with Crippen molar-refractivity contribution in [1.82, 2.24) is 19.4 Å². The van der Waals surface area contributed by atoms with E-state index in [1.54, 1.807) is 7.11 Å². The maximum Gasteiger partial charge on any atom is 0.215 e. The number of nitrogens with two attached hydrogens (primary N) is 1. The Morgan fingerprint density at radius 2 is 2.05 bits per heavy atom. The first-order valence-electron chi connectivity index (χ1n) is 7.17. The highest BCUT2D eigenvalue weighted by molar-refractivity contribution is 5.75. The van der Waals surface area contributed by atoms with Crippen molar-refractivity contribution in [3.8, 4) is 5.88 Å². The lowest BCUT2D eigenvalue weighted by atomic mass is 9.84. The first-order chi connectivity index (χ1) is 9.76. The number of piperidine rings is 3. The van der Waals surface area contributed by atoms with Gasteiger partial charge in [-0.15, -0.1) is 0 Å². The number of ether oxygens (including phenoxy) is 1. The van der Waals surface area contributed by atoms with Gasteiger partial charge in [0.15, 0.2) is 5.65 Å². The number of imidazole rings is 1. The third kappa shape index (κ3) is 1.67. The van der Waals surface area contributed by atoms with E-state index < -0.39 is 0 Å². The van der Waals surface area contributed by atoms with Crippen molar-refractivity contribution in [3.63, 3.8) is 0 Å². The molecule has 5 heterocycles. The van der Waals surface area contributed by atoms with Crippen molar-refractivity contribution in [1.29, 1.82) is 0 Å². The van der Waals surface area contributed by atoms with E-state index in [9.17, 15) is 0 Å². The Morgan fingerprint density at radius 3 is 2.70 bits per heavy atom. The van der Waals surface area contributed by atoms with Crippen LogP contribution < -0.4 is 10.5 Å². The number of nitrogen functional groups attached to an aromatic ring is 1. The van der Waals surface area contributed by atoms with Gasteiger partial charge in [0.05, 0.1) is 13.2 Å². The normalized spacial score (nSPS) is 28.9. The quantitative estimate of drug-likeness (QED) is 0.893. The Hall–Kier alpha value is -1.82. The number of fused-ring (bicyclic) bond motifs is 4.